The molecule has 0 aromatic heterocycles. The molecule has 0 radical (unpaired) electrons. The van der Waals surface area contributed by atoms with E-state index in [1.54, 1.807) is 6.07 Å². The molecule has 1 aromatic rings. The van der Waals surface area contributed by atoms with Gasteiger partial charge in [-0.3, -0.25) is 14.9 Å². The van der Waals surface area contributed by atoms with Crippen LogP contribution in [-0.2, 0) is 4.79 Å². The maximum absolute atomic E-state index is 11.7. The first-order chi connectivity index (χ1) is 10.8. The van der Waals surface area contributed by atoms with Gasteiger partial charge in [0.2, 0.25) is 5.91 Å². The highest BCUT2D eigenvalue weighted by Crippen LogP contribution is 2.25. The summed E-state index contributed by atoms with van der Waals surface area (Å²) in [7, 11) is 0. The van der Waals surface area contributed by atoms with E-state index in [1.807, 2.05) is 26.8 Å². The smallest absolute Gasteiger partial charge is 0.292 e. The first-order valence-corrected chi connectivity index (χ1v) is 7.83. The van der Waals surface area contributed by atoms with Gasteiger partial charge in [0.05, 0.1) is 11.0 Å². The van der Waals surface area contributed by atoms with Crippen molar-refractivity contribution in [1.29, 1.82) is 0 Å². The molecule has 1 atom stereocenters. The molecule has 24 heavy (non-hydrogen) atoms. The topological polar surface area (TPSA) is 110 Å². The van der Waals surface area contributed by atoms with Crippen LogP contribution in [0.1, 0.15) is 32.3 Å². The van der Waals surface area contributed by atoms with Gasteiger partial charge in [0, 0.05) is 19.2 Å². The third kappa shape index (κ3) is 7.61. The Morgan fingerprint density at radius 1 is 1.33 bits per heavy atom. The average molecular weight is 359 g/mol. The maximum Gasteiger partial charge on any atom is 0.292 e. The molecule has 7 nitrogen and oxygen atoms in total. The Bertz CT molecular complexity index is 552. The predicted molar refractivity (Wildman–Crippen MR) is 98.6 cm³/mol. The van der Waals surface area contributed by atoms with Crippen molar-refractivity contribution in [3.63, 3.8) is 0 Å². The lowest BCUT2D eigenvalue weighted by atomic mass is 10.0. The van der Waals surface area contributed by atoms with Crippen LogP contribution in [-0.4, -0.2) is 30.0 Å². The largest absolute Gasteiger partial charge is 0.379 e. The molecule has 0 saturated carbocycles. The molecule has 0 fully saturated rings. The highest BCUT2D eigenvalue weighted by molar-refractivity contribution is 5.85. The second-order valence-electron chi connectivity index (χ2n) is 6.09. The molecule has 0 heterocycles. The van der Waals surface area contributed by atoms with Crippen molar-refractivity contribution < 1.29 is 9.72 Å². The molecule has 1 rings (SSSR count). The van der Waals surface area contributed by atoms with Crippen molar-refractivity contribution >= 4 is 29.7 Å². The molecular weight excluding hydrogens is 332 g/mol. The lowest BCUT2D eigenvalue weighted by Gasteiger charge is -2.14. The van der Waals surface area contributed by atoms with Gasteiger partial charge in [-0.25, -0.2) is 0 Å². The highest BCUT2D eigenvalue weighted by atomic mass is 35.5. The van der Waals surface area contributed by atoms with E-state index in [9.17, 15) is 14.9 Å². The monoisotopic (exact) mass is 358 g/mol. The number of carbonyl (C=O) groups is 1. The minimum absolute atomic E-state index is 0. The zero-order valence-corrected chi connectivity index (χ0v) is 15.2. The van der Waals surface area contributed by atoms with Crippen LogP contribution in [0.25, 0.3) is 0 Å². The number of amides is 1. The summed E-state index contributed by atoms with van der Waals surface area (Å²) in [6, 6.07) is 4.57. The number of hydrogen-bond acceptors (Lipinski definition) is 5. The third-order valence-electron chi connectivity index (χ3n) is 3.38. The SMILES string of the molecule is Cc1ccc(NCCCNC(=O)[C@@H](N)CC(C)C)c([N+](=O)[O-])c1.Cl. The zero-order valence-electron chi connectivity index (χ0n) is 14.4. The second-order valence-corrected chi connectivity index (χ2v) is 6.09. The summed E-state index contributed by atoms with van der Waals surface area (Å²) < 4.78 is 0. The van der Waals surface area contributed by atoms with Crippen LogP contribution >= 0.6 is 12.4 Å². The number of halogens is 1. The Balaban J connectivity index is 0.00000529. The quantitative estimate of drug-likeness (QED) is 0.357. The third-order valence-corrected chi connectivity index (χ3v) is 3.38. The average Bonchev–Trinajstić information content (AvgIpc) is 2.47. The number of nitrogens with one attached hydrogen (secondary N) is 2. The number of nitro groups is 1. The van der Waals surface area contributed by atoms with E-state index in [2.05, 4.69) is 10.6 Å². The lowest BCUT2D eigenvalue weighted by molar-refractivity contribution is -0.384. The normalized spacial score (nSPS) is 11.5. The number of aryl methyl sites for hydroxylation is 1. The highest BCUT2D eigenvalue weighted by Gasteiger charge is 2.15. The Morgan fingerprint density at radius 3 is 2.58 bits per heavy atom. The Kier molecular flexibility index (Phi) is 9.99. The van der Waals surface area contributed by atoms with Crippen molar-refractivity contribution in [2.75, 3.05) is 18.4 Å². The number of nitro benzene ring substituents is 1. The molecule has 8 heteroatoms. The van der Waals surface area contributed by atoms with Gasteiger partial charge >= 0.3 is 0 Å². The standard InChI is InChI=1S/C16H26N4O3.ClH/c1-11(2)9-13(17)16(21)19-8-4-7-18-14-6-5-12(3)10-15(14)20(22)23;/h5-6,10-11,13,18H,4,7-9,17H2,1-3H3,(H,19,21);1H/t13-;/m0./s1. The van der Waals surface area contributed by atoms with Crippen LogP contribution in [0.15, 0.2) is 18.2 Å². The van der Waals surface area contributed by atoms with E-state index < -0.39 is 11.0 Å². The van der Waals surface area contributed by atoms with Gasteiger partial charge in [-0.2, -0.15) is 0 Å². The minimum atomic E-state index is -0.485. The number of benzene rings is 1. The number of nitrogens with zero attached hydrogens (tertiary/aromatic N) is 1. The Hall–Kier alpha value is -1.86. The van der Waals surface area contributed by atoms with Gasteiger partial charge in [-0.15, -0.1) is 12.4 Å². The Labute approximate surface area is 148 Å². The molecule has 4 N–H and O–H groups in total. The first kappa shape index (κ1) is 22.1. The summed E-state index contributed by atoms with van der Waals surface area (Å²) in [4.78, 5) is 22.4. The van der Waals surface area contributed by atoms with E-state index in [0.717, 1.165) is 5.56 Å². The summed E-state index contributed by atoms with van der Waals surface area (Å²) in [6.07, 6.45) is 1.31. The molecule has 0 spiro atoms. The fourth-order valence-electron chi connectivity index (χ4n) is 2.21. The molecule has 1 amide bonds. The van der Waals surface area contributed by atoms with Crippen molar-refractivity contribution in [3.8, 4) is 0 Å². The second kappa shape index (κ2) is 10.8. The molecular formula is C16H27ClN4O3. The maximum atomic E-state index is 11.7. The first-order valence-electron chi connectivity index (χ1n) is 7.83. The summed E-state index contributed by atoms with van der Waals surface area (Å²) in [5.74, 6) is 0.222. The van der Waals surface area contributed by atoms with Gasteiger partial charge in [0.25, 0.3) is 5.69 Å². The summed E-state index contributed by atoms with van der Waals surface area (Å²) >= 11 is 0. The van der Waals surface area contributed by atoms with Crippen LogP contribution in [0, 0.1) is 23.0 Å². The molecule has 0 saturated heterocycles. The number of anilines is 1. The van der Waals surface area contributed by atoms with Gasteiger partial charge in [-0.05, 0) is 37.3 Å². The summed E-state index contributed by atoms with van der Waals surface area (Å²) in [6.45, 7) is 6.87. The van der Waals surface area contributed by atoms with E-state index in [0.29, 0.717) is 37.5 Å². The van der Waals surface area contributed by atoms with E-state index in [-0.39, 0.29) is 24.0 Å². The fourth-order valence-corrected chi connectivity index (χ4v) is 2.21. The molecule has 1 aromatic carbocycles. The van der Waals surface area contributed by atoms with Crippen molar-refractivity contribution in [3.05, 3.63) is 33.9 Å². The number of nitrogens with two attached hydrogens (primary N) is 1. The molecule has 0 unspecified atom stereocenters. The van der Waals surface area contributed by atoms with Gasteiger partial charge < -0.3 is 16.4 Å². The van der Waals surface area contributed by atoms with Crippen LogP contribution in [0.5, 0.6) is 0 Å². The van der Waals surface area contributed by atoms with Gasteiger partial charge in [0.1, 0.15) is 5.69 Å². The summed E-state index contributed by atoms with van der Waals surface area (Å²) in [5.41, 5.74) is 7.18. The number of rotatable bonds is 9. The van der Waals surface area contributed by atoms with Crippen molar-refractivity contribution in [2.24, 2.45) is 11.7 Å². The van der Waals surface area contributed by atoms with Crippen LogP contribution in [0.4, 0.5) is 11.4 Å². The van der Waals surface area contributed by atoms with Crippen LogP contribution < -0.4 is 16.4 Å². The van der Waals surface area contributed by atoms with E-state index in [1.165, 1.54) is 6.07 Å². The van der Waals surface area contributed by atoms with Gasteiger partial charge in [0.15, 0.2) is 0 Å². The molecule has 0 aliphatic carbocycles. The van der Waals surface area contributed by atoms with Crippen molar-refractivity contribution in [1.82, 2.24) is 5.32 Å². The number of hydrogen-bond donors (Lipinski definition) is 3. The van der Waals surface area contributed by atoms with Crippen LogP contribution in [0.3, 0.4) is 0 Å². The van der Waals surface area contributed by atoms with Gasteiger partial charge in [-0.1, -0.05) is 19.9 Å². The minimum Gasteiger partial charge on any atom is -0.379 e. The Morgan fingerprint density at radius 2 is 2.00 bits per heavy atom. The molecule has 0 aliphatic heterocycles. The molecule has 136 valence electrons. The summed E-state index contributed by atoms with van der Waals surface area (Å²) in [5, 5.41) is 16.8. The van der Waals surface area contributed by atoms with E-state index in [4.69, 9.17) is 5.73 Å². The predicted octanol–water partition coefficient (Wildman–Crippen LogP) is 2.62. The number of carbonyl (C=O) groups excluding carboxylic acids is 1. The van der Waals surface area contributed by atoms with Crippen LogP contribution in [0.2, 0.25) is 0 Å². The zero-order chi connectivity index (χ0) is 17.4. The lowest BCUT2D eigenvalue weighted by Crippen LogP contribution is -2.41. The fraction of sp³-hybridized carbons (Fsp3) is 0.562. The van der Waals surface area contributed by atoms with Crippen molar-refractivity contribution in [2.45, 2.75) is 39.7 Å². The van der Waals surface area contributed by atoms with E-state index >= 15 is 0 Å². The molecule has 0 bridgehead atoms. The molecule has 0 aliphatic rings.